The Morgan fingerprint density at radius 1 is 1.10 bits per heavy atom. The van der Waals surface area contributed by atoms with Gasteiger partial charge in [0.2, 0.25) is 39.1 Å². The molecule has 2 aliphatic carbocycles. The van der Waals surface area contributed by atoms with Crippen molar-refractivity contribution in [3.63, 3.8) is 0 Å². The van der Waals surface area contributed by atoms with Gasteiger partial charge in [0.15, 0.2) is 0 Å². The number of amides is 4. The van der Waals surface area contributed by atoms with Crippen molar-refractivity contribution in [1.29, 1.82) is 0 Å². The lowest BCUT2D eigenvalue weighted by molar-refractivity contribution is -0.244. The fraction of sp³-hybridized carbons (Fsp3) is 0.600. The molecule has 3 N–H and O–H groups in total. The summed E-state index contributed by atoms with van der Waals surface area (Å²) in [6.07, 6.45) is 0.245. The number of alkyl halides is 3. The molecule has 4 amide bonds. The number of carbonyl (C=O) groups is 4. The number of hydrogen-bond acceptors (Lipinski definition) is 10. The Hall–Kier alpha value is -4.65. The first-order valence-corrected chi connectivity index (χ1v) is 21.8. The van der Waals surface area contributed by atoms with Crippen molar-refractivity contribution in [2.45, 2.75) is 127 Å². The Morgan fingerprint density at radius 3 is 2.50 bits per heavy atom. The SMILES string of the molecule is Cc1cn2c(n1)nc(O[C@@H]1C[C@H]3C(=O)N[C@]4(C(=O)NS(=O)(=O)C5(C)CC5)CC4/C=C\CC[C@@H](C)C[C@@H](C)[C@H](NC(=O)OC(C)(C)C(F)(F)F)C(=O)N3C1)c1cc(Cl)ccc12. The standard InChI is InChI=1S/C40H49ClF3N7O8S/c1-21-9-7-8-10-24-18-39(24,34(54)49-60(56,57)38(6)13-14-38)48-31(52)29-17-26(58-32-27-16-25(41)11-12-28(27)51-19-23(3)45-35(51)47-32)20-50(29)33(53)30(22(2)15-21)46-36(55)59-37(4,5)40(42,43)44/h8,10-12,16,19,21-22,24,26,29-30H,7,9,13-15,17-18,20H2,1-6H3,(H,46,55)(H,48,52)(H,49,54)/b10-8-/t21-,22-,24?,26-,29+,30+,39-/m1/s1. The van der Waals surface area contributed by atoms with Gasteiger partial charge in [-0.1, -0.05) is 37.6 Å². The molecule has 7 rings (SSSR count). The molecule has 2 saturated carbocycles. The van der Waals surface area contributed by atoms with Gasteiger partial charge in [0, 0.05) is 23.6 Å². The minimum Gasteiger partial charge on any atom is -0.472 e. The van der Waals surface area contributed by atoms with Crippen LogP contribution in [0.3, 0.4) is 0 Å². The summed E-state index contributed by atoms with van der Waals surface area (Å²) >= 11 is 6.40. The molecule has 0 radical (unpaired) electrons. The van der Waals surface area contributed by atoms with Crippen molar-refractivity contribution in [3.8, 4) is 5.88 Å². The second-order valence-corrected chi connectivity index (χ2v) is 20.2. The van der Waals surface area contributed by atoms with Crippen LogP contribution in [0, 0.1) is 24.7 Å². The Kier molecular flexibility index (Phi) is 11.1. The van der Waals surface area contributed by atoms with E-state index < -0.39 is 85.9 Å². The Bertz CT molecular complexity index is 2390. The van der Waals surface area contributed by atoms with Gasteiger partial charge in [-0.15, -0.1) is 0 Å². The highest BCUT2D eigenvalue weighted by Gasteiger charge is 2.63. The van der Waals surface area contributed by atoms with Gasteiger partial charge in [0.05, 0.1) is 27.9 Å². The molecule has 15 nitrogen and oxygen atoms in total. The molecule has 0 spiro atoms. The quantitative estimate of drug-likeness (QED) is 0.255. The summed E-state index contributed by atoms with van der Waals surface area (Å²) in [6, 6.07) is 2.29. The number of aromatic nitrogens is 3. The third-order valence-electron chi connectivity index (χ3n) is 12.3. The maximum atomic E-state index is 14.8. The zero-order chi connectivity index (χ0) is 43.7. The Morgan fingerprint density at radius 2 is 1.82 bits per heavy atom. The summed E-state index contributed by atoms with van der Waals surface area (Å²) in [5.41, 5.74) is -3.23. The number of carbonyl (C=O) groups excluding carboxylic acids is 4. The average molecular weight is 880 g/mol. The summed E-state index contributed by atoms with van der Waals surface area (Å²) in [4.78, 5) is 66.9. The van der Waals surface area contributed by atoms with E-state index in [-0.39, 0.29) is 31.2 Å². The zero-order valence-electron chi connectivity index (χ0n) is 34.1. The highest BCUT2D eigenvalue weighted by atomic mass is 35.5. The van der Waals surface area contributed by atoms with E-state index in [2.05, 4.69) is 25.3 Å². The third kappa shape index (κ3) is 8.35. The van der Waals surface area contributed by atoms with Crippen LogP contribution in [0.4, 0.5) is 18.0 Å². The second kappa shape index (κ2) is 15.4. The number of imidazole rings is 1. The molecule has 4 aliphatic rings. The van der Waals surface area contributed by atoms with Crippen LogP contribution in [0.2, 0.25) is 5.02 Å². The molecule has 3 aromatic rings. The molecule has 1 aromatic carbocycles. The summed E-state index contributed by atoms with van der Waals surface area (Å²) in [7, 11) is -4.09. The molecule has 7 atom stereocenters. The molecule has 0 bridgehead atoms. The largest absolute Gasteiger partial charge is 0.472 e. The molecule has 3 fully saturated rings. The summed E-state index contributed by atoms with van der Waals surface area (Å²) in [6.45, 7) is 8.06. The van der Waals surface area contributed by atoms with E-state index in [4.69, 9.17) is 21.1 Å². The molecular formula is C40H49ClF3N7O8S. The number of hydrogen-bond donors (Lipinski definition) is 3. The zero-order valence-corrected chi connectivity index (χ0v) is 35.6. The van der Waals surface area contributed by atoms with Crippen LogP contribution >= 0.6 is 11.6 Å². The van der Waals surface area contributed by atoms with E-state index in [1.807, 2.05) is 13.0 Å². The molecule has 20 heteroatoms. The van der Waals surface area contributed by atoms with Gasteiger partial charge in [-0.05, 0) is 96.3 Å². The summed E-state index contributed by atoms with van der Waals surface area (Å²) in [5.74, 6) is -3.37. The number of allylic oxidation sites excluding steroid dienone is 1. The molecule has 2 aromatic heterocycles. The summed E-state index contributed by atoms with van der Waals surface area (Å²) < 4.78 is 81.9. The number of aryl methyl sites for hydroxylation is 1. The predicted octanol–water partition coefficient (Wildman–Crippen LogP) is 5.51. The van der Waals surface area contributed by atoms with E-state index in [0.717, 1.165) is 0 Å². The number of benzene rings is 1. The Labute approximate surface area is 350 Å². The van der Waals surface area contributed by atoms with Crippen LogP contribution in [0.15, 0.2) is 36.5 Å². The summed E-state index contributed by atoms with van der Waals surface area (Å²) in [5, 5.41) is 6.06. The van der Waals surface area contributed by atoms with Crippen LogP contribution in [0.5, 0.6) is 5.88 Å². The average Bonchev–Trinajstić information content (AvgIpc) is 3.96. The molecule has 2 aliphatic heterocycles. The van der Waals surface area contributed by atoms with Crippen molar-refractivity contribution in [2.75, 3.05) is 6.54 Å². The molecule has 326 valence electrons. The minimum absolute atomic E-state index is 0.0520. The van der Waals surface area contributed by atoms with Crippen LogP contribution in [0.25, 0.3) is 16.7 Å². The van der Waals surface area contributed by atoms with Gasteiger partial charge in [0.1, 0.15) is 23.7 Å². The van der Waals surface area contributed by atoms with E-state index in [1.54, 1.807) is 48.7 Å². The lowest BCUT2D eigenvalue weighted by Gasteiger charge is -2.34. The monoisotopic (exact) mass is 879 g/mol. The topological polar surface area (TPSA) is 190 Å². The van der Waals surface area contributed by atoms with Crippen LogP contribution in [-0.4, -0.2) is 98.3 Å². The van der Waals surface area contributed by atoms with Gasteiger partial charge in [-0.3, -0.25) is 23.5 Å². The van der Waals surface area contributed by atoms with Crippen LogP contribution in [-0.2, 0) is 29.1 Å². The molecule has 1 saturated heterocycles. The molecule has 1 unspecified atom stereocenters. The van der Waals surface area contributed by atoms with Crippen molar-refractivity contribution in [2.24, 2.45) is 17.8 Å². The normalized spacial score (nSPS) is 29.1. The van der Waals surface area contributed by atoms with E-state index in [9.17, 15) is 40.8 Å². The van der Waals surface area contributed by atoms with Crippen molar-refractivity contribution in [3.05, 3.63) is 47.3 Å². The van der Waals surface area contributed by atoms with Gasteiger partial charge in [0.25, 0.3) is 5.91 Å². The van der Waals surface area contributed by atoms with Gasteiger partial charge >= 0.3 is 12.3 Å². The fourth-order valence-electron chi connectivity index (χ4n) is 8.07. The minimum atomic E-state index is -4.92. The van der Waals surface area contributed by atoms with Crippen molar-refractivity contribution < 1.29 is 50.2 Å². The van der Waals surface area contributed by atoms with Crippen LogP contribution in [0.1, 0.15) is 85.3 Å². The van der Waals surface area contributed by atoms with Crippen molar-refractivity contribution >= 4 is 62.1 Å². The second-order valence-electron chi connectivity index (χ2n) is 17.6. The lowest BCUT2D eigenvalue weighted by Crippen LogP contribution is -2.59. The lowest BCUT2D eigenvalue weighted by atomic mass is 9.88. The maximum absolute atomic E-state index is 14.8. The van der Waals surface area contributed by atoms with Gasteiger partial charge in [-0.2, -0.15) is 18.2 Å². The number of sulfonamides is 1. The third-order valence-corrected chi connectivity index (χ3v) is 14.7. The van der Waals surface area contributed by atoms with E-state index >= 15 is 0 Å². The van der Waals surface area contributed by atoms with E-state index in [0.29, 0.717) is 73.3 Å². The number of alkyl carbamates (subject to hydrolysis) is 1. The number of fused-ring (bicyclic) bond motifs is 5. The first-order chi connectivity index (χ1) is 27.9. The van der Waals surface area contributed by atoms with Gasteiger partial charge < -0.3 is 25.0 Å². The van der Waals surface area contributed by atoms with Crippen molar-refractivity contribution in [1.82, 2.24) is 34.6 Å². The number of nitrogens with one attached hydrogen (secondary N) is 3. The number of halogens is 4. The van der Waals surface area contributed by atoms with E-state index in [1.165, 1.54) is 11.8 Å². The maximum Gasteiger partial charge on any atom is 0.427 e. The molecule has 60 heavy (non-hydrogen) atoms. The number of rotatable bonds is 7. The highest BCUT2D eigenvalue weighted by molar-refractivity contribution is 7.91. The van der Waals surface area contributed by atoms with Crippen LogP contribution < -0.4 is 20.1 Å². The first-order valence-electron chi connectivity index (χ1n) is 20.0. The number of ether oxygens (including phenoxy) is 2. The van der Waals surface area contributed by atoms with Gasteiger partial charge in [-0.25, -0.2) is 18.2 Å². The molecule has 4 heterocycles. The highest BCUT2D eigenvalue weighted by Crippen LogP contribution is 2.48. The fourth-order valence-corrected chi connectivity index (χ4v) is 9.56. The number of nitrogens with zero attached hydrogens (tertiary/aromatic N) is 4. The smallest absolute Gasteiger partial charge is 0.427 e. The molecular weight excluding hydrogens is 831 g/mol. The predicted molar refractivity (Wildman–Crippen MR) is 213 cm³/mol. The first kappa shape index (κ1) is 43.4. The Balaban J connectivity index is 1.26.